The second-order valence-corrected chi connectivity index (χ2v) is 8.51. The Hall–Kier alpha value is -1.42. The number of rotatable bonds is 7. The number of aliphatic imine (C=N–C) groups is 1. The molecule has 2 heterocycles. The molecular formula is C23H40IN5O2. The Morgan fingerprint density at radius 2 is 1.61 bits per heavy atom. The Morgan fingerprint density at radius 1 is 1.00 bits per heavy atom. The van der Waals surface area contributed by atoms with Crippen LogP contribution < -0.4 is 25.0 Å². The number of anilines is 1. The second-order valence-electron chi connectivity index (χ2n) is 8.51. The summed E-state index contributed by atoms with van der Waals surface area (Å²) in [4.78, 5) is 9.27. The van der Waals surface area contributed by atoms with Gasteiger partial charge in [0.25, 0.3) is 0 Å². The van der Waals surface area contributed by atoms with Crippen LogP contribution in [0, 0.1) is 5.92 Å². The lowest BCUT2D eigenvalue weighted by Crippen LogP contribution is -2.49. The summed E-state index contributed by atoms with van der Waals surface area (Å²) in [5.74, 6) is 3.44. The van der Waals surface area contributed by atoms with Crippen molar-refractivity contribution in [2.75, 3.05) is 65.9 Å². The first-order chi connectivity index (χ1) is 14.6. The van der Waals surface area contributed by atoms with E-state index in [2.05, 4.69) is 44.6 Å². The first-order valence-corrected chi connectivity index (χ1v) is 11.2. The van der Waals surface area contributed by atoms with Crippen molar-refractivity contribution in [2.24, 2.45) is 10.9 Å². The third-order valence-corrected chi connectivity index (χ3v) is 6.44. The summed E-state index contributed by atoms with van der Waals surface area (Å²) in [5, 5.41) is 7.15. The Kier molecular flexibility index (Phi) is 11.0. The molecule has 0 aromatic heterocycles. The van der Waals surface area contributed by atoms with Gasteiger partial charge in [-0.15, -0.1) is 24.0 Å². The molecule has 0 bridgehead atoms. The molecule has 2 aliphatic rings. The number of nitrogens with zero attached hydrogens (tertiary/aromatic N) is 3. The monoisotopic (exact) mass is 545 g/mol. The van der Waals surface area contributed by atoms with Crippen molar-refractivity contribution in [3.8, 4) is 11.5 Å². The van der Waals surface area contributed by atoms with Crippen molar-refractivity contribution in [1.82, 2.24) is 15.5 Å². The molecule has 3 rings (SSSR count). The van der Waals surface area contributed by atoms with Gasteiger partial charge >= 0.3 is 0 Å². The van der Waals surface area contributed by atoms with E-state index >= 15 is 0 Å². The zero-order chi connectivity index (χ0) is 21.3. The Labute approximate surface area is 205 Å². The molecule has 1 aromatic rings. The normalized spacial score (nSPS) is 19.0. The number of nitrogens with one attached hydrogen (secondary N) is 2. The largest absolute Gasteiger partial charge is 0.497 e. The van der Waals surface area contributed by atoms with Crippen LogP contribution in [0.5, 0.6) is 11.5 Å². The standard InChI is InChI=1S/C23H39N5O2.HI/c1-24-23(25-10-5-18-6-11-27(2)12-7-18)26-19-8-13-28(14-9-19)20-15-21(29-3)17-22(16-20)30-4;/h15-19H,5-14H2,1-4H3,(H2,24,25,26);1H. The van der Waals surface area contributed by atoms with Crippen LogP contribution >= 0.6 is 24.0 Å². The maximum Gasteiger partial charge on any atom is 0.191 e. The highest BCUT2D eigenvalue weighted by Crippen LogP contribution is 2.30. The number of hydrogen-bond donors (Lipinski definition) is 2. The van der Waals surface area contributed by atoms with E-state index in [9.17, 15) is 0 Å². The van der Waals surface area contributed by atoms with Gasteiger partial charge in [0, 0.05) is 56.6 Å². The predicted octanol–water partition coefficient (Wildman–Crippen LogP) is 3.19. The molecule has 2 saturated heterocycles. The third-order valence-electron chi connectivity index (χ3n) is 6.44. The fraction of sp³-hybridized carbons (Fsp3) is 0.696. The van der Waals surface area contributed by atoms with Crippen LogP contribution in [0.15, 0.2) is 23.2 Å². The van der Waals surface area contributed by atoms with Gasteiger partial charge in [0.15, 0.2) is 5.96 Å². The van der Waals surface area contributed by atoms with Crippen LogP contribution in [0.2, 0.25) is 0 Å². The van der Waals surface area contributed by atoms with Gasteiger partial charge < -0.3 is 29.9 Å². The van der Waals surface area contributed by atoms with Gasteiger partial charge in [0.05, 0.1) is 14.2 Å². The molecule has 2 fully saturated rings. The average Bonchev–Trinajstić information content (AvgIpc) is 2.79. The van der Waals surface area contributed by atoms with Gasteiger partial charge in [0.1, 0.15) is 11.5 Å². The highest BCUT2D eigenvalue weighted by atomic mass is 127. The van der Waals surface area contributed by atoms with Crippen molar-refractivity contribution in [3.05, 3.63) is 18.2 Å². The highest BCUT2D eigenvalue weighted by Gasteiger charge is 2.21. The maximum atomic E-state index is 5.42. The molecular weight excluding hydrogens is 505 g/mol. The molecule has 1 aromatic carbocycles. The third kappa shape index (κ3) is 7.89. The van der Waals surface area contributed by atoms with E-state index in [-0.39, 0.29) is 24.0 Å². The smallest absolute Gasteiger partial charge is 0.191 e. The molecule has 176 valence electrons. The number of hydrogen-bond acceptors (Lipinski definition) is 5. The number of guanidine groups is 1. The maximum absolute atomic E-state index is 5.42. The lowest BCUT2D eigenvalue weighted by atomic mass is 9.94. The Morgan fingerprint density at radius 3 is 2.16 bits per heavy atom. The molecule has 0 aliphatic carbocycles. The van der Waals surface area contributed by atoms with Gasteiger partial charge in [0.2, 0.25) is 0 Å². The summed E-state index contributed by atoms with van der Waals surface area (Å²) >= 11 is 0. The molecule has 31 heavy (non-hydrogen) atoms. The minimum atomic E-state index is 0. The van der Waals surface area contributed by atoms with Gasteiger partial charge in [-0.05, 0) is 58.2 Å². The first-order valence-electron chi connectivity index (χ1n) is 11.2. The van der Waals surface area contributed by atoms with Crippen molar-refractivity contribution in [2.45, 2.75) is 38.1 Å². The van der Waals surface area contributed by atoms with Gasteiger partial charge in [-0.3, -0.25) is 4.99 Å². The summed E-state index contributed by atoms with van der Waals surface area (Å²) in [6, 6.07) is 6.53. The predicted molar refractivity (Wildman–Crippen MR) is 140 cm³/mol. The molecule has 2 aliphatic heterocycles. The number of benzene rings is 1. The average molecular weight is 546 g/mol. The zero-order valence-corrected chi connectivity index (χ0v) is 21.9. The van der Waals surface area contributed by atoms with E-state index in [1.165, 1.54) is 32.4 Å². The highest BCUT2D eigenvalue weighted by molar-refractivity contribution is 14.0. The number of methoxy groups -OCH3 is 2. The number of halogens is 1. The summed E-state index contributed by atoms with van der Waals surface area (Å²) in [6.45, 7) is 5.46. The van der Waals surface area contributed by atoms with Crippen LogP contribution in [0.3, 0.4) is 0 Å². The van der Waals surface area contributed by atoms with Crippen molar-refractivity contribution in [3.63, 3.8) is 0 Å². The molecule has 2 N–H and O–H groups in total. The zero-order valence-electron chi connectivity index (χ0n) is 19.5. The molecule has 0 unspecified atom stereocenters. The Bertz CT molecular complexity index is 664. The number of likely N-dealkylation sites (tertiary alicyclic amines) is 1. The summed E-state index contributed by atoms with van der Waals surface area (Å²) in [7, 11) is 7.47. The van der Waals surface area contributed by atoms with Crippen molar-refractivity contribution in [1.29, 1.82) is 0 Å². The summed E-state index contributed by atoms with van der Waals surface area (Å²) < 4.78 is 10.8. The molecule has 0 amide bonds. The minimum Gasteiger partial charge on any atom is -0.497 e. The Balaban J connectivity index is 0.00000341. The van der Waals surface area contributed by atoms with E-state index in [0.717, 1.165) is 61.5 Å². The molecule has 0 saturated carbocycles. The van der Waals surface area contributed by atoms with Gasteiger partial charge in [-0.2, -0.15) is 0 Å². The SMILES string of the molecule is CN=C(NCCC1CCN(C)CC1)NC1CCN(c2cc(OC)cc(OC)c2)CC1.I. The number of piperidine rings is 2. The van der Waals surface area contributed by atoms with Crippen molar-refractivity contribution >= 4 is 35.6 Å². The summed E-state index contributed by atoms with van der Waals surface area (Å²) in [6.07, 6.45) is 6.02. The fourth-order valence-corrected chi connectivity index (χ4v) is 4.39. The quantitative estimate of drug-likeness (QED) is 0.312. The first kappa shape index (κ1) is 25.8. The lowest BCUT2D eigenvalue weighted by Gasteiger charge is -2.35. The van der Waals surface area contributed by atoms with Crippen LogP contribution in [-0.4, -0.2) is 77.9 Å². The van der Waals surface area contributed by atoms with Crippen LogP contribution in [-0.2, 0) is 0 Å². The molecule has 0 radical (unpaired) electrons. The van der Waals surface area contributed by atoms with Crippen LogP contribution in [0.25, 0.3) is 0 Å². The van der Waals surface area contributed by atoms with Crippen molar-refractivity contribution < 1.29 is 9.47 Å². The lowest BCUT2D eigenvalue weighted by molar-refractivity contribution is 0.213. The molecule has 7 nitrogen and oxygen atoms in total. The second kappa shape index (κ2) is 13.2. The molecule has 0 atom stereocenters. The molecule has 0 spiro atoms. The van der Waals surface area contributed by atoms with E-state index in [1.54, 1.807) is 14.2 Å². The van der Waals surface area contributed by atoms with Gasteiger partial charge in [-0.1, -0.05) is 0 Å². The van der Waals surface area contributed by atoms with Crippen LogP contribution in [0.1, 0.15) is 32.1 Å². The minimum absolute atomic E-state index is 0. The topological polar surface area (TPSA) is 61.4 Å². The van der Waals surface area contributed by atoms with E-state index < -0.39 is 0 Å². The fourth-order valence-electron chi connectivity index (χ4n) is 4.39. The van der Waals surface area contributed by atoms with E-state index in [0.29, 0.717) is 6.04 Å². The van der Waals surface area contributed by atoms with Gasteiger partial charge in [-0.25, -0.2) is 0 Å². The summed E-state index contributed by atoms with van der Waals surface area (Å²) in [5.41, 5.74) is 1.16. The van der Waals surface area contributed by atoms with E-state index in [1.807, 2.05) is 13.1 Å². The van der Waals surface area contributed by atoms with E-state index in [4.69, 9.17) is 9.47 Å². The molecule has 8 heteroatoms. The number of ether oxygens (including phenoxy) is 2. The van der Waals surface area contributed by atoms with Crippen LogP contribution in [0.4, 0.5) is 5.69 Å².